The van der Waals surface area contributed by atoms with Crippen molar-refractivity contribution in [3.05, 3.63) is 89.1 Å². The second-order valence-corrected chi connectivity index (χ2v) is 10.4. The zero-order chi connectivity index (χ0) is 26.3. The normalized spacial score (nSPS) is 19.2. The van der Waals surface area contributed by atoms with Crippen LogP contribution in [-0.2, 0) is 17.9 Å². The topological polar surface area (TPSA) is 63.1 Å². The molecule has 7 heteroatoms. The summed E-state index contributed by atoms with van der Waals surface area (Å²) in [5.41, 5.74) is 4.03. The second kappa shape index (κ2) is 12.3. The van der Waals surface area contributed by atoms with E-state index < -0.39 is 0 Å². The summed E-state index contributed by atoms with van der Waals surface area (Å²) in [6, 6.07) is 18.8. The molecule has 2 fully saturated rings. The van der Waals surface area contributed by atoms with E-state index in [0.717, 1.165) is 83.1 Å². The van der Waals surface area contributed by atoms with Crippen LogP contribution >= 0.6 is 0 Å². The Balaban J connectivity index is 1.09. The number of piperidine rings is 1. The van der Waals surface area contributed by atoms with E-state index in [1.807, 2.05) is 35.2 Å². The maximum absolute atomic E-state index is 13.3. The van der Waals surface area contributed by atoms with Crippen LogP contribution in [0.1, 0.15) is 29.5 Å². The Morgan fingerprint density at radius 1 is 0.895 bits per heavy atom. The molecule has 0 atom stereocenters. The van der Waals surface area contributed by atoms with Crippen molar-refractivity contribution < 1.29 is 9.53 Å². The first-order valence-corrected chi connectivity index (χ1v) is 13.6. The summed E-state index contributed by atoms with van der Waals surface area (Å²) >= 11 is 0. The molecule has 0 saturated carbocycles. The van der Waals surface area contributed by atoms with Gasteiger partial charge in [0.2, 0.25) is 0 Å². The first kappa shape index (κ1) is 26.0. The summed E-state index contributed by atoms with van der Waals surface area (Å²) in [5.74, 6) is 1.02. The maximum Gasteiger partial charge on any atom is 0.255 e. The number of rotatable bonds is 7. The molecule has 0 aromatic heterocycles. The lowest BCUT2D eigenvalue weighted by Gasteiger charge is -2.39. The van der Waals surface area contributed by atoms with Crippen molar-refractivity contribution in [1.29, 1.82) is 5.26 Å². The average molecular weight is 512 g/mol. The predicted octanol–water partition coefficient (Wildman–Crippen LogP) is 3.63. The van der Waals surface area contributed by atoms with Gasteiger partial charge in [-0.05, 0) is 48.2 Å². The number of likely N-dealkylation sites (tertiary alicyclic amines) is 1. The zero-order valence-corrected chi connectivity index (χ0v) is 22.3. The summed E-state index contributed by atoms with van der Waals surface area (Å²) in [6.45, 7) is 8.05. The van der Waals surface area contributed by atoms with Crippen molar-refractivity contribution in [3.8, 4) is 11.8 Å². The number of hydrogen-bond donors (Lipinski definition) is 0. The van der Waals surface area contributed by atoms with Crippen LogP contribution in [0.2, 0.25) is 0 Å². The number of nitrogens with zero attached hydrogens (tertiary/aromatic N) is 5. The quantitative estimate of drug-likeness (QED) is 0.566. The average Bonchev–Trinajstić information content (AvgIpc) is 2.98. The SMILES string of the molecule is COc1ccc(CN2CCN(C(=O)C3=CN(C4CCN(Cc5ccc(C#N)cc5)CC4)CC=C3)CC2)cc1. The molecule has 5 rings (SSSR count). The molecule has 38 heavy (non-hydrogen) atoms. The van der Waals surface area contributed by atoms with Crippen molar-refractivity contribution in [2.75, 3.05) is 52.9 Å². The number of nitriles is 1. The van der Waals surface area contributed by atoms with Crippen molar-refractivity contribution in [2.24, 2.45) is 0 Å². The third-order valence-electron chi connectivity index (χ3n) is 7.91. The van der Waals surface area contributed by atoms with Crippen LogP contribution < -0.4 is 4.74 Å². The highest BCUT2D eigenvalue weighted by atomic mass is 16.5. The van der Waals surface area contributed by atoms with Gasteiger partial charge in [-0.3, -0.25) is 14.6 Å². The molecule has 2 aromatic rings. The highest BCUT2D eigenvalue weighted by Gasteiger charge is 2.27. The Morgan fingerprint density at radius 2 is 1.50 bits per heavy atom. The van der Waals surface area contributed by atoms with Crippen molar-refractivity contribution in [1.82, 2.24) is 19.6 Å². The highest BCUT2D eigenvalue weighted by Crippen LogP contribution is 2.23. The Hall–Kier alpha value is -3.60. The summed E-state index contributed by atoms with van der Waals surface area (Å²) in [4.78, 5) is 22.6. The summed E-state index contributed by atoms with van der Waals surface area (Å²) in [7, 11) is 1.69. The van der Waals surface area contributed by atoms with E-state index >= 15 is 0 Å². The van der Waals surface area contributed by atoms with Gasteiger partial charge in [0.15, 0.2) is 0 Å². The summed E-state index contributed by atoms with van der Waals surface area (Å²) in [6.07, 6.45) is 8.42. The first-order chi connectivity index (χ1) is 18.6. The fourth-order valence-electron chi connectivity index (χ4n) is 5.59. The number of piperazine rings is 1. The van der Waals surface area contributed by atoms with Crippen LogP contribution in [0.25, 0.3) is 0 Å². The molecule has 0 N–H and O–H groups in total. The third kappa shape index (κ3) is 6.45. The summed E-state index contributed by atoms with van der Waals surface area (Å²) < 4.78 is 5.25. The molecule has 0 radical (unpaired) electrons. The van der Waals surface area contributed by atoms with Crippen LogP contribution in [0, 0.1) is 11.3 Å². The lowest BCUT2D eigenvalue weighted by atomic mass is 10.0. The lowest BCUT2D eigenvalue weighted by molar-refractivity contribution is -0.128. The van der Waals surface area contributed by atoms with Crippen LogP contribution in [0.3, 0.4) is 0 Å². The van der Waals surface area contributed by atoms with Crippen LogP contribution in [0.4, 0.5) is 0 Å². The van der Waals surface area contributed by atoms with Gasteiger partial charge in [0.1, 0.15) is 5.75 Å². The number of hydrogen-bond acceptors (Lipinski definition) is 6. The number of ether oxygens (including phenoxy) is 1. The largest absolute Gasteiger partial charge is 0.497 e. The molecule has 198 valence electrons. The molecule has 7 nitrogen and oxygen atoms in total. The monoisotopic (exact) mass is 511 g/mol. The molecule has 2 aromatic carbocycles. The van der Waals surface area contributed by atoms with E-state index in [-0.39, 0.29) is 5.91 Å². The van der Waals surface area contributed by atoms with E-state index in [1.54, 1.807) is 7.11 Å². The molecule has 0 spiro atoms. The zero-order valence-electron chi connectivity index (χ0n) is 22.3. The van der Waals surface area contributed by atoms with Crippen molar-refractivity contribution >= 4 is 5.91 Å². The van der Waals surface area contributed by atoms with Gasteiger partial charge >= 0.3 is 0 Å². The van der Waals surface area contributed by atoms with E-state index in [4.69, 9.17) is 10.00 Å². The highest BCUT2D eigenvalue weighted by molar-refractivity contribution is 5.96. The van der Waals surface area contributed by atoms with E-state index in [9.17, 15) is 4.79 Å². The maximum atomic E-state index is 13.3. The molecule has 0 unspecified atom stereocenters. The van der Waals surface area contributed by atoms with Gasteiger partial charge in [-0.2, -0.15) is 5.26 Å². The van der Waals surface area contributed by atoms with Crippen LogP contribution in [0.15, 0.2) is 72.5 Å². The molecule has 0 bridgehead atoms. The standard InChI is InChI=1S/C31H37N5O2/c1-38-30-10-8-27(9-11-30)23-34-17-19-35(20-18-34)31(37)28-3-2-14-36(24-28)29-12-15-33(16-13-29)22-26-6-4-25(21-32)5-7-26/h2-11,24,29H,12-20,22-23H2,1H3. The van der Waals surface area contributed by atoms with Gasteiger partial charge < -0.3 is 14.5 Å². The third-order valence-corrected chi connectivity index (χ3v) is 7.91. The van der Waals surface area contributed by atoms with E-state index in [2.05, 4.69) is 57.3 Å². The van der Waals surface area contributed by atoms with Crippen molar-refractivity contribution in [3.63, 3.8) is 0 Å². The minimum atomic E-state index is 0.147. The molecule has 3 aliphatic rings. The molecule has 1 amide bonds. The Morgan fingerprint density at radius 3 is 2.11 bits per heavy atom. The van der Waals surface area contributed by atoms with Crippen molar-refractivity contribution in [2.45, 2.75) is 32.0 Å². The summed E-state index contributed by atoms with van der Waals surface area (Å²) in [5, 5.41) is 9.00. The lowest BCUT2D eigenvalue weighted by Crippen LogP contribution is -2.49. The van der Waals surface area contributed by atoms with Gasteiger partial charge in [0, 0.05) is 71.1 Å². The van der Waals surface area contributed by atoms with E-state index in [1.165, 1.54) is 11.1 Å². The molecule has 2 saturated heterocycles. The Bertz CT molecular complexity index is 1180. The van der Waals surface area contributed by atoms with E-state index in [0.29, 0.717) is 11.6 Å². The predicted molar refractivity (Wildman–Crippen MR) is 148 cm³/mol. The number of carbonyl (C=O) groups excluding carboxylic acids is 1. The fourth-order valence-corrected chi connectivity index (χ4v) is 5.59. The van der Waals surface area contributed by atoms with Gasteiger partial charge in [-0.1, -0.05) is 36.4 Å². The Kier molecular flexibility index (Phi) is 8.42. The van der Waals surface area contributed by atoms with Crippen LogP contribution in [-0.4, -0.2) is 84.5 Å². The number of carbonyl (C=O) groups is 1. The molecular weight excluding hydrogens is 474 g/mol. The Labute approximate surface area is 226 Å². The minimum absolute atomic E-state index is 0.147. The number of amides is 1. The minimum Gasteiger partial charge on any atom is -0.497 e. The van der Waals surface area contributed by atoms with Gasteiger partial charge in [-0.25, -0.2) is 0 Å². The molecule has 3 heterocycles. The number of methoxy groups -OCH3 is 1. The van der Waals surface area contributed by atoms with Gasteiger partial charge in [0.05, 0.1) is 24.3 Å². The second-order valence-electron chi connectivity index (χ2n) is 10.4. The first-order valence-electron chi connectivity index (χ1n) is 13.6. The van der Waals surface area contributed by atoms with Gasteiger partial charge in [-0.15, -0.1) is 0 Å². The van der Waals surface area contributed by atoms with Crippen LogP contribution in [0.5, 0.6) is 5.75 Å². The molecular formula is C31H37N5O2. The smallest absolute Gasteiger partial charge is 0.255 e. The number of benzene rings is 2. The molecule has 3 aliphatic heterocycles. The molecule has 0 aliphatic carbocycles. The van der Waals surface area contributed by atoms with Gasteiger partial charge in [0.25, 0.3) is 5.91 Å². The fraction of sp³-hybridized carbons (Fsp3) is 0.419.